The molecule has 5 nitrogen and oxygen atoms in total. The largest absolute Gasteiger partial charge is 0.496 e. The van der Waals surface area contributed by atoms with Crippen LogP contribution < -0.4 is 14.8 Å². The number of benzene rings is 2. The number of nitrogens with one attached hydrogen (secondary N) is 1. The molecule has 29 heavy (non-hydrogen) atoms. The maximum Gasteiger partial charge on any atom is 0.123 e. The van der Waals surface area contributed by atoms with Crippen molar-refractivity contribution < 1.29 is 14.6 Å². The van der Waals surface area contributed by atoms with Gasteiger partial charge in [0.1, 0.15) is 24.2 Å². The first kappa shape index (κ1) is 21.6. The van der Waals surface area contributed by atoms with E-state index in [1.54, 1.807) is 7.11 Å². The molecule has 1 atom stereocenters. The number of para-hydroxylation sites is 2. The van der Waals surface area contributed by atoms with E-state index in [1.807, 2.05) is 36.4 Å². The van der Waals surface area contributed by atoms with Crippen molar-refractivity contribution in [1.29, 1.82) is 0 Å². The molecular formula is C24H34N2O3. The fourth-order valence-corrected chi connectivity index (χ4v) is 3.82. The molecule has 0 aromatic heterocycles. The lowest BCUT2D eigenvalue weighted by molar-refractivity contribution is 0.0614. The van der Waals surface area contributed by atoms with Crippen molar-refractivity contribution in [2.24, 2.45) is 0 Å². The summed E-state index contributed by atoms with van der Waals surface area (Å²) in [5, 5.41) is 13.8. The van der Waals surface area contributed by atoms with Gasteiger partial charge in [-0.05, 0) is 56.6 Å². The Balaban J connectivity index is 1.43. The smallest absolute Gasteiger partial charge is 0.123 e. The molecule has 2 N–H and O–H groups in total. The van der Waals surface area contributed by atoms with Gasteiger partial charge in [-0.1, -0.05) is 42.8 Å². The Bertz CT molecular complexity index is 732. The van der Waals surface area contributed by atoms with Gasteiger partial charge in [0.05, 0.1) is 7.11 Å². The quantitative estimate of drug-likeness (QED) is 0.569. The monoisotopic (exact) mass is 398 g/mol. The molecule has 0 radical (unpaired) electrons. The normalized spacial score (nSPS) is 15.8. The Kier molecular flexibility index (Phi) is 8.81. The summed E-state index contributed by atoms with van der Waals surface area (Å²) in [6, 6.07) is 16.2. The third kappa shape index (κ3) is 7.03. The minimum absolute atomic E-state index is 0.328. The van der Waals surface area contributed by atoms with Gasteiger partial charge in [0.2, 0.25) is 0 Å². The zero-order valence-electron chi connectivity index (χ0n) is 17.5. The van der Waals surface area contributed by atoms with E-state index >= 15 is 0 Å². The number of β-amino-alcohol motifs (C(OH)–C–C–N with tert-alkyl or cyclic N) is 1. The summed E-state index contributed by atoms with van der Waals surface area (Å²) in [7, 11) is 1.71. The molecule has 2 aromatic carbocycles. The number of aliphatic hydroxyl groups is 1. The van der Waals surface area contributed by atoms with Gasteiger partial charge in [0.15, 0.2) is 0 Å². The zero-order valence-corrected chi connectivity index (χ0v) is 17.5. The van der Waals surface area contributed by atoms with Crippen LogP contribution in [0.3, 0.4) is 0 Å². The summed E-state index contributed by atoms with van der Waals surface area (Å²) in [5.74, 6) is 1.77. The van der Waals surface area contributed by atoms with Crippen LogP contribution in [0.15, 0.2) is 48.5 Å². The van der Waals surface area contributed by atoms with Crippen LogP contribution >= 0.6 is 0 Å². The number of likely N-dealkylation sites (tertiary alicyclic amines) is 1. The van der Waals surface area contributed by atoms with Crippen molar-refractivity contribution in [3.63, 3.8) is 0 Å². The minimum atomic E-state index is -0.459. The summed E-state index contributed by atoms with van der Waals surface area (Å²) in [4.78, 5) is 2.34. The maximum absolute atomic E-state index is 10.3. The fraction of sp³-hybridized carbons (Fsp3) is 0.500. The van der Waals surface area contributed by atoms with E-state index < -0.39 is 6.10 Å². The van der Waals surface area contributed by atoms with Crippen molar-refractivity contribution >= 4 is 0 Å². The van der Waals surface area contributed by atoms with Gasteiger partial charge in [-0.25, -0.2) is 0 Å². The first-order chi connectivity index (χ1) is 14.3. The van der Waals surface area contributed by atoms with E-state index in [9.17, 15) is 5.11 Å². The van der Waals surface area contributed by atoms with E-state index in [0.717, 1.165) is 49.7 Å². The molecule has 5 heteroatoms. The molecule has 0 saturated carbocycles. The fourth-order valence-electron chi connectivity index (χ4n) is 3.82. The molecule has 2 aromatic rings. The van der Waals surface area contributed by atoms with Gasteiger partial charge < -0.3 is 24.8 Å². The molecule has 0 amide bonds. The maximum atomic E-state index is 10.3. The lowest BCUT2D eigenvalue weighted by Gasteiger charge is -2.28. The summed E-state index contributed by atoms with van der Waals surface area (Å²) >= 11 is 0. The number of nitrogens with zero attached hydrogens (tertiary/aromatic N) is 1. The number of hydrogen-bond acceptors (Lipinski definition) is 5. The first-order valence-corrected chi connectivity index (χ1v) is 10.7. The predicted octanol–water partition coefficient (Wildman–Crippen LogP) is 3.25. The molecule has 158 valence electrons. The number of hydrogen-bond donors (Lipinski definition) is 2. The number of rotatable bonds is 11. The van der Waals surface area contributed by atoms with Gasteiger partial charge in [0, 0.05) is 18.7 Å². The van der Waals surface area contributed by atoms with Crippen molar-refractivity contribution in [2.45, 2.75) is 38.3 Å². The van der Waals surface area contributed by atoms with Crippen molar-refractivity contribution in [2.75, 3.05) is 39.9 Å². The highest BCUT2D eigenvalue weighted by atomic mass is 16.5. The van der Waals surface area contributed by atoms with E-state index in [4.69, 9.17) is 9.47 Å². The van der Waals surface area contributed by atoms with E-state index in [2.05, 4.69) is 22.3 Å². The summed E-state index contributed by atoms with van der Waals surface area (Å²) in [6.45, 7) is 4.78. The SMILES string of the molecule is COc1ccccc1CCNCc1ccccc1OC[C@H](O)CN1CCCCC1. The van der Waals surface area contributed by atoms with Crippen LogP contribution in [0.1, 0.15) is 30.4 Å². The summed E-state index contributed by atoms with van der Waals surface area (Å²) in [5.41, 5.74) is 2.31. The molecule has 0 spiro atoms. The van der Waals surface area contributed by atoms with Gasteiger partial charge >= 0.3 is 0 Å². The molecule has 3 rings (SSSR count). The van der Waals surface area contributed by atoms with E-state index in [0.29, 0.717) is 13.2 Å². The molecule has 0 aliphatic carbocycles. The van der Waals surface area contributed by atoms with Crippen molar-refractivity contribution in [3.8, 4) is 11.5 Å². The summed E-state index contributed by atoms with van der Waals surface area (Å²) < 4.78 is 11.4. The number of piperidine rings is 1. The standard InChI is InChI=1S/C24H34N2O3/c1-28-23-11-5-3-9-20(23)13-14-25-17-21-10-4-6-12-24(21)29-19-22(27)18-26-15-7-2-8-16-26/h3-6,9-12,22,25,27H,2,7-8,13-19H2,1H3/t22-/m1/s1. The Morgan fingerprint density at radius 1 is 0.966 bits per heavy atom. The van der Waals surface area contributed by atoms with Crippen LogP contribution in [0.5, 0.6) is 11.5 Å². The molecule has 0 bridgehead atoms. The third-order valence-electron chi connectivity index (χ3n) is 5.40. The second-order valence-electron chi connectivity index (χ2n) is 7.67. The molecule has 1 fully saturated rings. The van der Waals surface area contributed by atoms with Crippen LogP contribution in [0.4, 0.5) is 0 Å². The topological polar surface area (TPSA) is 54.0 Å². The lowest BCUT2D eigenvalue weighted by atomic mass is 10.1. The first-order valence-electron chi connectivity index (χ1n) is 10.7. The Morgan fingerprint density at radius 3 is 2.41 bits per heavy atom. The van der Waals surface area contributed by atoms with Crippen LogP contribution in [-0.4, -0.2) is 56.0 Å². The highest BCUT2D eigenvalue weighted by Gasteiger charge is 2.15. The van der Waals surface area contributed by atoms with Gasteiger partial charge in [0.25, 0.3) is 0 Å². The highest BCUT2D eigenvalue weighted by molar-refractivity contribution is 5.34. The molecule has 1 aliphatic heterocycles. The number of methoxy groups -OCH3 is 1. The molecule has 1 saturated heterocycles. The minimum Gasteiger partial charge on any atom is -0.496 e. The molecular weight excluding hydrogens is 364 g/mol. The van der Waals surface area contributed by atoms with E-state index in [1.165, 1.54) is 24.8 Å². The average molecular weight is 399 g/mol. The van der Waals surface area contributed by atoms with Crippen molar-refractivity contribution in [3.05, 3.63) is 59.7 Å². The average Bonchev–Trinajstić information content (AvgIpc) is 2.77. The van der Waals surface area contributed by atoms with Gasteiger partial charge in [-0.3, -0.25) is 0 Å². The third-order valence-corrected chi connectivity index (χ3v) is 5.40. The van der Waals surface area contributed by atoms with Crippen molar-refractivity contribution in [1.82, 2.24) is 10.2 Å². The van der Waals surface area contributed by atoms with Crippen LogP contribution in [-0.2, 0) is 13.0 Å². The van der Waals surface area contributed by atoms with Gasteiger partial charge in [-0.2, -0.15) is 0 Å². The zero-order chi connectivity index (χ0) is 20.3. The van der Waals surface area contributed by atoms with E-state index in [-0.39, 0.29) is 0 Å². The second-order valence-corrected chi connectivity index (χ2v) is 7.67. The second kappa shape index (κ2) is 11.8. The van der Waals surface area contributed by atoms with Crippen LogP contribution in [0.2, 0.25) is 0 Å². The lowest BCUT2D eigenvalue weighted by Crippen LogP contribution is -2.38. The Labute approximate surface area is 174 Å². The molecule has 1 heterocycles. The van der Waals surface area contributed by atoms with Crippen LogP contribution in [0, 0.1) is 0 Å². The Morgan fingerprint density at radius 2 is 1.66 bits per heavy atom. The van der Waals surface area contributed by atoms with Crippen LogP contribution in [0.25, 0.3) is 0 Å². The molecule has 0 unspecified atom stereocenters. The van der Waals surface area contributed by atoms with Gasteiger partial charge in [-0.15, -0.1) is 0 Å². The summed E-state index contributed by atoms with van der Waals surface area (Å²) in [6.07, 6.45) is 4.22. The highest BCUT2D eigenvalue weighted by Crippen LogP contribution is 2.19. The number of aliphatic hydroxyl groups excluding tert-OH is 1. The predicted molar refractivity (Wildman–Crippen MR) is 117 cm³/mol. The molecule has 1 aliphatic rings. The Hall–Kier alpha value is -2.08. The number of ether oxygens (including phenoxy) is 2.